The predicted octanol–water partition coefficient (Wildman–Crippen LogP) is 5.15. The number of rotatable bonds is 10. The van der Waals surface area contributed by atoms with Gasteiger partial charge in [-0.3, -0.25) is 0 Å². The van der Waals surface area contributed by atoms with Crippen molar-refractivity contribution in [3.63, 3.8) is 0 Å². The molecule has 0 saturated heterocycles. The highest BCUT2D eigenvalue weighted by Crippen LogP contribution is 2.44. The molecule has 0 aliphatic heterocycles. The van der Waals surface area contributed by atoms with Gasteiger partial charge in [0.2, 0.25) is 0 Å². The maximum absolute atomic E-state index is 12.3. The molecule has 0 heterocycles. The average Bonchev–Trinajstić information content (AvgIpc) is 3.04. The number of hydrogen-bond acceptors (Lipinski definition) is 4. The van der Waals surface area contributed by atoms with Crippen LogP contribution in [-0.2, 0) is 9.53 Å². The van der Waals surface area contributed by atoms with Crippen molar-refractivity contribution in [2.45, 2.75) is 38.6 Å². The van der Waals surface area contributed by atoms with Crippen LogP contribution in [0, 0.1) is 5.92 Å². The van der Waals surface area contributed by atoms with E-state index in [-0.39, 0.29) is 12.5 Å². The Morgan fingerprint density at radius 2 is 1.67 bits per heavy atom. The van der Waals surface area contributed by atoms with Crippen LogP contribution in [-0.4, -0.2) is 41.3 Å². The molecule has 5 nitrogen and oxygen atoms in total. The standard InChI is InChI=1S/C24H29NO4S/c1-16(2)8-7-13-30-15-22(23(26)27)25-24(28)29-14-21-19-11-5-3-9-17(19)18-10-4-6-12-20(18)21/h3-6,9-12,16,21-22H,7-8,13-15H2,1-2H3,(H,25,28)(H,26,27). The van der Waals surface area contributed by atoms with E-state index in [2.05, 4.69) is 43.4 Å². The van der Waals surface area contributed by atoms with Gasteiger partial charge in [-0.05, 0) is 40.3 Å². The molecule has 2 aromatic rings. The van der Waals surface area contributed by atoms with Gasteiger partial charge in [-0.2, -0.15) is 11.8 Å². The van der Waals surface area contributed by atoms with E-state index in [1.54, 1.807) is 11.8 Å². The second-order valence-electron chi connectivity index (χ2n) is 7.97. The minimum Gasteiger partial charge on any atom is -0.480 e. The van der Waals surface area contributed by atoms with Gasteiger partial charge in [-0.1, -0.05) is 68.8 Å². The third-order valence-electron chi connectivity index (χ3n) is 5.29. The van der Waals surface area contributed by atoms with E-state index in [1.807, 2.05) is 24.3 Å². The molecule has 1 atom stereocenters. The van der Waals surface area contributed by atoms with E-state index in [1.165, 1.54) is 0 Å². The number of carbonyl (C=O) groups excluding carboxylic acids is 1. The Bertz CT molecular complexity index is 838. The van der Waals surface area contributed by atoms with Gasteiger partial charge in [0, 0.05) is 11.7 Å². The zero-order chi connectivity index (χ0) is 21.5. The fourth-order valence-corrected chi connectivity index (χ4v) is 4.75. The molecule has 3 rings (SSSR count). The summed E-state index contributed by atoms with van der Waals surface area (Å²) >= 11 is 1.55. The molecule has 1 unspecified atom stereocenters. The molecule has 1 aliphatic rings. The van der Waals surface area contributed by atoms with Crippen molar-refractivity contribution in [3.05, 3.63) is 59.7 Å². The van der Waals surface area contributed by atoms with Crippen LogP contribution in [0.25, 0.3) is 11.1 Å². The normalized spacial score (nSPS) is 13.6. The number of carboxylic acids is 1. The lowest BCUT2D eigenvalue weighted by Crippen LogP contribution is -2.43. The zero-order valence-electron chi connectivity index (χ0n) is 17.5. The van der Waals surface area contributed by atoms with Crippen molar-refractivity contribution in [2.24, 2.45) is 5.92 Å². The van der Waals surface area contributed by atoms with E-state index < -0.39 is 18.1 Å². The number of nitrogens with one attached hydrogen (secondary N) is 1. The molecular formula is C24H29NO4S. The van der Waals surface area contributed by atoms with Crippen molar-refractivity contribution in [2.75, 3.05) is 18.1 Å². The molecule has 2 N–H and O–H groups in total. The first-order valence-electron chi connectivity index (χ1n) is 10.4. The van der Waals surface area contributed by atoms with Gasteiger partial charge in [-0.25, -0.2) is 9.59 Å². The molecule has 2 aromatic carbocycles. The minimum absolute atomic E-state index is 0.0446. The van der Waals surface area contributed by atoms with E-state index in [0.29, 0.717) is 11.7 Å². The fourth-order valence-electron chi connectivity index (χ4n) is 3.75. The van der Waals surface area contributed by atoms with E-state index >= 15 is 0 Å². The van der Waals surface area contributed by atoms with Gasteiger partial charge < -0.3 is 15.2 Å². The summed E-state index contributed by atoms with van der Waals surface area (Å²) < 4.78 is 5.46. The monoisotopic (exact) mass is 427 g/mol. The first kappa shape index (κ1) is 22.2. The van der Waals surface area contributed by atoms with Gasteiger partial charge in [0.1, 0.15) is 12.6 Å². The minimum atomic E-state index is -1.04. The summed E-state index contributed by atoms with van der Waals surface area (Å²) in [7, 11) is 0. The lowest BCUT2D eigenvalue weighted by molar-refractivity contribution is -0.138. The summed E-state index contributed by atoms with van der Waals surface area (Å²) in [6, 6.07) is 15.3. The molecular weight excluding hydrogens is 398 g/mol. The number of alkyl carbamates (subject to hydrolysis) is 1. The summed E-state index contributed by atoms with van der Waals surface area (Å²) in [6.45, 7) is 4.51. The van der Waals surface area contributed by atoms with Crippen LogP contribution in [0.15, 0.2) is 48.5 Å². The number of aliphatic carboxylic acids is 1. The van der Waals surface area contributed by atoms with Crippen molar-refractivity contribution in [1.29, 1.82) is 0 Å². The molecule has 0 saturated carbocycles. The number of carboxylic acid groups (broad SMARTS) is 1. The van der Waals surface area contributed by atoms with Crippen LogP contribution in [0.5, 0.6) is 0 Å². The molecule has 6 heteroatoms. The Morgan fingerprint density at radius 3 is 2.23 bits per heavy atom. The van der Waals surface area contributed by atoms with Crippen molar-refractivity contribution >= 4 is 23.8 Å². The number of hydrogen-bond donors (Lipinski definition) is 2. The summed E-state index contributed by atoms with van der Waals surface area (Å²) in [5.74, 6) is 0.767. The molecule has 0 aromatic heterocycles. The lowest BCUT2D eigenvalue weighted by atomic mass is 9.98. The molecule has 0 spiro atoms. The van der Waals surface area contributed by atoms with Gasteiger partial charge in [0.15, 0.2) is 0 Å². The van der Waals surface area contributed by atoms with E-state index in [9.17, 15) is 14.7 Å². The van der Waals surface area contributed by atoms with E-state index in [0.717, 1.165) is 40.8 Å². The average molecular weight is 428 g/mol. The van der Waals surface area contributed by atoms with Gasteiger partial charge >= 0.3 is 12.1 Å². The molecule has 1 aliphatic carbocycles. The summed E-state index contributed by atoms with van der Waals surface area (Å²) in [5, 5.41) is 11.9. The molecule has 1 amide bonds. The van der Waals surface area contributed by atoms with Crippen molar-refractivity contribution < 1.29 is 19.4 Å². The quantitative estimate of drug-likeness (QED) is 0.513. The molecule has 0 radical (unpaired) electrons. The number of ether oxygens (including phenoxy) is 1. The second kappa shape index (κ2) is 10.5. The Labute approximate surface area is 182 Å². The van der Waals surface area contributed by atoms with E-state index in [4.69, 9.17) is 4.74 Å². The third-order valence-corrected chi connectivity index (χ3v) is 6.43. The largest absolute Gasteiger partial charge is 0.480 e. The summed E-state index contributed by atoms with van der Waals surface area (Å²) in [5.41, 5.74) is 4.57. The third kappa shape index (κ3) is 5.57. The number of thioether (sulfide) groups is 1. The zero-order valence-corrected chi connectivity index (χ0v) is 18.3. The number of amides is 1. The number of carbonyl (C=O) groups is 2. The first-order chi connectivity index (χ1) is 14.5. The molecule has 30 heavy (non-hydrogen) atoms. The SMILES string of the molecule is CC(C)CCCSCC(NC(=O)OCC1c2ccccc2-c2ccccc21)C(=O)O. The highest BCUT2D eigenvalue weighted by molar-refractivity contribution is 7.99. The Balaban J connectivity index is 1.54. The number of benzene rings is 2. The Morgan fingerprint density at radius 1 is 1.07 bits per heavy atom. The highest BCUT2D eigenvalue weighted by Gasteiger charge is 2.29. The highest BCUT2D eigenvalue weighted by atomic mass is 32.2. The van der Waals surface area contributed by atoms with Gasteiger partial charge in [-0.15, -0.1) is 0 Å². The van der Waals surface area contributed by atoms with Crippen LogP contribution >= 0.6 is 11.8 Å². The molecule has 0 bridgehead atoms. The van der Waals surface area contributed by atoms with Crippen LogP contribution in [0.1, 0.15) is 43.7 Å². The summed E-state index contributed by atoms with van der Waals surface area (Å²) in [6.07, 6.45) is 1.47. The topological polar surface area (TPSA) is 75.6 Å². The lowest BCUT2D eigenvalue weighted by Gasteiger charge is -2.17. The van der Waals surface area contributed by atoms with Crippen LogP contribution < -0.4 is 5.32 Å². The Hall–Kier alpha value is -2.47. The maximum Gasteiger partial charge on any atom is 0.407 e. The molecule has 160 valence electrons. The fraction of sp³-hybridized carbons (Fsp3) is 0.417. The maximum atomic E-state index is 12.3. The smallest absolute Gasteiger partial charge is 0.407 e. The van der Waals surface area contributed by atoms with Gasteiger partial charge in [0.05, 0.1) is 0 Å². The van der Waals surface area contributed by atoms with Crippen LogP contribution in [0.2, 0.25) is 0 Å². The van der Waals surface area contributed by atoms with Crippen LogP contribution in [0.3, 0.4) is 0 Å². The summed E-state index contributed by atoms with van der Waals surface area (Å²) in [4.78, 5) is 23.8. The Kier molecular flexibility index (Phi) is 7.80. The van der Waals surface area contributed by atoms with Crippen molar-refractivity contribution in [1.82, 2.24) is 5.32 Å². The van der Waals surface area contributed by atoms with Crippen LogP contribution in [0.4, 0.5) is 4.79 Å². The first-order valence-corrected chi connectivity index (χ1v) is 11.5. The van der Waals surface area contributed by atoms with Crippen molar-refractivity contribution in [3.8, 4) is 11.1 Å². The second-order valence-corrected chi connectivity index (χ2v) is 9.12. The molecule has 0 fully saturated rings. The number of fused-ring (bicyclic) bond motifs is 3. The predicted molar refractivity (Wildman–Crippen MR) is 121 cm³/mol. The van der Waals surface area contributed by atoms with Gasteiger partial charge in [0.25, 0.3) is 0 Å².